The first-order valence-electron chi connectivity index (χ1n) is 6.69. The summed E-state index contributed by atoms with van der Waals surface area (Å²) in [6.45, 7) is 0. The Morgan fingerprint density at radius 1 is 0.889 bits per heavy atom. The normalized spacial score (nSPS) is 16.5. The summed E-state index contributed by atoms with van der Waals surface area (Å²) in [5, 5.41) is 0. The van der Waals surface area contributed by atoms with E-state index in [4.69, 9.17) is 5.73 Å². The Labute approximate surface area is 109 Å². The Morgan fingerprint density at radius 2 is 1.56 bits per heavy atom. The van der Waals surface area contributed by atoms with E-state index in [1.165, 1.54) is 29.5 Å². The predicted octanol–water partition coefficient (Wildman–Crippen LogP) is 3.78. The molecule has 1 aliphatic rings. The molecule has 2 aromatic carbocycles. The molecule has 0 unspecified atom stereocenters. The lowest BCUT2D eigenvalue weighted by molar-refractivity contribution is 0.609. The second-order valence-electron chi connectivity index (χ2n) is 5.39. The first-order valence-corrected chi connectivity index (χ1v) is 6.69. The van der Waals surface area contributed by atoms with Crippen molar-refractivity contribution in [2.75, 3.05) is 0 Å². The lowest BCUT2D eigenvalue weighted by Crippen LogP contribution is -2.22. The van der Waals surface area contributed by atoms with Crippen LogP contribution in [0.5, 0.6) is 0 Å². The number of rotatable bonds is 4. The van der Waals surface area contributed by atoms with E-state index >= 15 is 0 Å². The molecular weight excluding hydrogens is 218 g/mol. The second-order valence-corrected chi connectivity index (χ2v) is 5.39. The van der Waals surface area contributed by atoms with Crippen LogP contribution in [0.2, 0.25) is 0 Å². The van der Waals surface area contributed by atoms with Crippen molar-refractivity contribution >= 4 is 0 Å². The molecule has 0 radical (unpaired) electrons. The van der Waals surface area contributed by atoms with Gasteiger partial charge in [0.05, 0.1) is 0 Å². The van der Waals surface area contributed by atoms with Gasteiger partial charge < -0.3 is 5.73 Å². The number of nitrogens with two attached hydrogens (primary N) is 1. The highest BCUT2D eigenvalue weighted by Crippen LogP contribution is 2.37. The maximum atomic E-state index is 6.18. The van der Waals surface area contributed by atoms with Gasteiger partial charge in [-0.25, -0.2) is 0 Å². The van der Waals surface area contributed by atoms with Crippen molar-refractivity contribution in [1.29, 1.82) is 0 Å². The molecular formula is C17H19N. The molecule has 2 aromatic rings. The van der Waals surface area contributed by atoms with Crippen LogP contribution in [0.1, 0.15) is 24.8 Å². The molecule has 92 valence electrons. The minimum absolute atomic E-state index is 0.143. The molecule has 0 heterocycles. The van der Waals surface area contributed by atoms with E-state index in [1.54, 1.807) is 0 Å². The molecule has 18 heavy (non-hydrogen) atoms. The van der Waals surface area contributed by atoms with Gasteiger partial charge >= 0.3 is 0 Å². The molecule has 3 rings (SSSR count). The van der Waals surface area contributed by atoms with Crippen LogP contribution in [0.15, 0.2) is 54.6 Å². The Bertz CT molecular complexity index is 526. The molecule has 0 atom stereocenters. The Morgan fingerprint density at radius 3 is 2.28 bits per heavy atom. The predicted molar refractivity (Wildman–Crippen MR) is 76.4 cm³/mol. The molecule has 1 heteroatoms. The fraction of sp³-hybridized carbons (Fsp3) is 0.294. The Hall–Kier alpha value is -1.60. The molecule has 1 nitrogen and oxygen atoms in total. The van der Waals surface area contributed by atoms with Gasteiger partial charge in [-0.2, -0.15) is 0 Å². The summed E-state index contributed by atoms with van der Waals surface area (Å²) in [6.07, 6.45) is 4.58. The van der Waals surface area contributed by atoms with Gasteiger partial charge in [-0.1, -0.05) is 54.6 Å². The minimum atomic E-state index is 0.143. The molecule has 0 amide bonds. The van der Waals surface area contributed by atoms with Gasteiger partial charge in [0.15, 0.2) is 0 Å². The topological polar surface area (TPSA) is 26.0 Å². The van der Waals surface area contributed by atoms with Gasteiger partial charge in [-0.15, -0.1) is 0 Å². The molecule has 0 saturated heterocycles. The van der Waals surface area contributed by atoms with E-state index < -0.39 is 0 Å². The van der Waals surface area contributed by atoms with Gasteiger partial charge in [0.25, 0.3) is 0 Å². The van der Waals surface area contributed by atoms with E-state index in [0.717, 1.165) is 12.8 Å². The van der Waals surface area contributed by atoms with E-state index in [1.807, 2.05) is 0 Å². The van der Waals surface area contributed by atoms with Crippen molar-refractivity contribution in [3.63, 3.8) is 0 Å². The Balaban J connectivity index is 1.85. The fourth-order valence-electron chi connectivity index (χ4n) is 2.43. The summed E-state index contributed by atoms with van der Waals surface area (Å²) >= 11 is 0. The average molecular weight is 237 g/mol. The fourth-order valence-corrected chi connectivity index (χ4v) is 2.43. The van der Waals surface area contributed by atoms with E-state index in [-0.39, 0.29) is 5.54 Å². The highest BCUT2D eigenvalue weighted by molar-refractivity contribution is 5.67. The van der Waals surface area contributed by atoms with E-state index in [2.05, 4.69) is 54.6 Å². The third-order valence-electron chi connectivity index (χ3n) is 3.89. The lowest BCUT2D eigenvalue weighted by atomic mass is 9.95. The summed E-state index contributed by atoms with van der Waals surface area (Å²) in [5.74, 6) is 0. The highest BCUT2D eigenvalue weighted by atomic mass is 14.8. The van der Waals surface area contributed by atoms with E-state index in [9.17, 15) is 0 Å². The van der Waals surface area contributed by atoms with Gasteiger partial charge in [-0.3, -0.25) is 0 Å². The van der Waals surface area contributed by atoms with E-state index in [0.29, 0.717) is 0 Å². The quantitative estimate of drug-likeness (QED) is 0.860. The summed E-state index contributed by atoms with van der Waals surface area (Å²) in [5.41, 5.74) is 10.4. The first-order chi connectivity index (χ1) is 8.77. The molecule has 1 aliphatic carbocycles. The van der Waals surface area contributed by atoms with Gasteiger partial charge in [0, 0.05) is 5.54 Å². The third kappa shape index (κ3) is 2.46. The van der Waals surface area contributed by atoms with Crippen molar-refractivity contribution in [2.24, 2.45) is 5.73 Å². The van der Waals surface area contributed by atoms with Crippen molar-refractivity contribution in [2.45, 2.75) is 31.2 Å². The third-order valence-corrected chi connectivity index (χ3v) is 3.89. The SMILES string of the molecule is NC1(CCc2ccccc2-c2ccccc2)CC1. The number of hydrogen-bond acceptors (Lipinski definition) is 1. The van der Waals surface area contributed by atoms with Crippen LogP contribution in [0.4, 0.5) is 0 Å². The molecule has 0 spiro atoms. The van der Waals surface area contributed by atoms with Crippen molar-refractivity contribution in [1.82, 2.24) is 0 Å². The number of aryl methyl sites for hydroxylation is 1. The molecule has 0 bridgehead atoms. The van der Waals surface area contributed by atoms with Crippen LogP contribution in [-0.2, 0) is 6.42 Å². The molecule has 0 aliphatic heterocycles. The molecule has 1 fully saturated rings. The van der Waals surface area contributed by atoms with Crippen LogP contribution < -0.4 is 5.73 Å². The summed E-state index contributed by atoms with van der Waals surface area (Å²) in [4.78, 5) is 0. The zero-order valence-corrected chi connectivity index (χ0v) is 10.6. The summed E-state index contributed by atoms with van der Waals surface area (Å²) in [7, 11) is 0. The molecule has 0 aromatic heterocycles. The van der Waals surface area contributed by atoms with Gasteiger partial charge in [0.2, 0.25) is 0 Å². The number of benzene rings is 2. The van der Waals surface area contributed by atoms with Crippen LogP contribution >= 0.6 is 0 Å². The van der Waals surface area contributed by atoms with Crippen molar-refractivity contribution in [3.8, 4) is 11.1 Å². The van der Waals surface area contributed by atoms with Crippen molar-refractivity contribution in [3.05, 3.63) is 60.2 Å². The lowest BCUT2D eigenvalue weighted by Gasteiger charge is -2.12. The molecule has 1 saturated carbocycles. The average Bonchev–Trinajstić information content (AvgIpc) is 3.16. The minimum Gasteiger partial charge on any atom is -0.325 e. The van der Waals surface area contributed by atoms with Crippen LogP contribution in [0, 0.1) is 0 Å². The van der Waals surface area contributed by atoms with Crippen LogP contribution in [-0.4, -0.2) is 5.54 Å². The summed E-state index contributed by atoms with van der Waals surface area (Å²) in [6, 6.07) is 19.3. The van der Waals surface area contributed by atoms with Gasteiger partial charge in [-0.05, 0) is 42.4 Å². The molecule has 2 N–H and O–H groups in total. The zero-order valence-electron chi connectivity index (χ0n) is 10.6. The van der Waals surface area contributed by atoms with Crippen LogP contribution in [0.3, 0.4) is 0 Å². The maximum absolute atomic E-state index is 6.18. The standard InChI is InChI=1S/C17H19N/c18-17(12-13-17)11-10-15-8-4-5-9-16(15)14-6-2-1-3-7-14/h1-9H,10-13,18H2. The van der Waals surface area contributed by atoms with Gasteiger partial charge in [0.1, 0.15) is 0 Å². The summed E-state index contributed by atoms with van der Waals surface area (Å²) < 4.78 is 0. The zero-order chi connectivity index (χ0) is 12.4. The smallest absolute Gasteiger partial charge is 0.0158 e. The number of hydrogen-bond donors (Lipinski definition) is 1. The Kier molecular flexibility index (Phi) is 2.92. The highest BCUT2D eigenvalue weighted by Gasteiger charge is 2.37. The second kappa shape index (κ2) is 4.58. The monoisotopic (exact) mass is 237 g/mol. The van der Waals surface area contributed by atoms with Crippen molar-refractivity contribution < 1.29 is 0 Å². The van der Waals surface area contributed by atoms with Crippen LogP contribution in [0.25, 0.3) is 11.1 Å². The maximum Gasteiger partial charge on any atom is 0.0158 e. The first kappa shape index (κ1) is 11.5. The largest absolute Gasteiger partial charge is 0.325 e.